The van der Waals surface area contributed by atoms with Gasteiger partial charge >= 0.3 is 6.03 Å². The highest BCUT2D eigenvalue weighted by Crippen LogP contribution is 2.20. The van der Waals surface area contributed by atoms with Gasteiger partial charge in [0, 0.05) is 15.5 Å². The largest absolute Gasteiger partial charge is 0.331 e. The van der Waals surface area contributed by atoms with E-state index in [2.05, 4.69) is 31.5 Å². The summed E-state index contributed by atoms with van der Waals surface area (Å²) in [4.78, 5) is 16.0. The van der Waals surface area contributed by atoms with Gasteiger partial charge in [-0.25, -0.2) is 9.78 Å². The van der Waals surface area contributed by atoms with Gasteiger partial charge in [0.05, 0.1) is 12.2 Å². The number of rotatable bonds is 3. The van der Waals surface area contributed by atoms with Crippen LogP contribution in [0.5, 0.6) is 0 Å². The molecule has 1 heterocycles. The van der Waals surface area contributed by atoms with Crippen LogP contribution in [0.4, 0.5) is 10.5 Å². The maximum atomic E-state index is 11.7. The van der Waals surface area contributed by atoms with Gasteiger partial charge in [0.25, 0.3) is 0 Å². The molecule has 0 aliphatic carbocycles. The summed E-state index contributed by atoms with van der Waals surface area (Å²) in [6.07, 6.45) is 0. The van der Waals surface area contributed by atoms with Crippen LogP contribution in [0.2, 0.25) is 0 Å². The predicted molar refractivity (Wildman–Crippen MR) is 76.9 cm³/mol. The van der Waals surface area contributed by atoms with Gasteiger partial charge in [0.2, 0.25) is 0 Å². The Balaban J connectivity index is 1.88. The third kappa shape index (κ3) is 3.54. The van der Waals surface area contributed by atoms with Gasteiger partial charge in [-0.05, 0) is 35.0 Å². The van der Waals surface area contributed by atoms with E-state index < -0.39 is 0 Å². The van der Waals surface area contributed by atoms with Crippen molar-refractivity contribution in [2.45, 2.75) is 13.5 Å². The lowest BCUT2D eigenvalue weighted by molar-refractivity contribution is 0.251. The van der Waals surface area contributed by atoms with Gasteiger partial charge in [-0.2, -0.15) is 0 Å². The van der Waals surface area contributed by atoms with E-state index in [1.54, 1.807) is 0 Å². The summed E-state index contributed by atoms with van der Waals surface area (Å²) in [5, 5.41) is 8.39. The molecule has 2 amide bonds. The molecule has 94 valence electrons. The Hall–Kier alpha value is -1.40. The molecular weight excluding hydrogens is 314 g/mol. The van der Waals surface area contributed by atoms with Gasteiger partial charge in [-0.15, -0.1) is 11.3 Å². The molecule has 1 aromatic carbocycles. The predicted octanol–water partition coefficient (Wildman–Crippen LogP) is 3.54. The number of hydrogen-bond acceptors (Lipinski definition) is 3. The number of nitrogens with one attached hydrogen (secondary N) is 2. The third-order valence-corrected chi connectivity index (χ3v) is 3.85. The van der Waals surface area contributed by atoms with Crippen molar-refractivity contribution in [2.24, 2.45) is 0 Å². The van der Waals surface area contributed by atoms with Crippen molar-refractivity contribution in [2.75, 3.05) is 5.32 Å². The monoisotopic (exact) mass is 325 g/mol. The molecule has 0 unspecified atom stereocenters. The maximum absolute atomic E-state index is 11.7. The maximum Gasteiger partial charge on any atom is 0.319 e. The Morgan fingerprint density at radius 3 is 2.89 bits per heavy atom. The van der Waals surface area contributed by atoms with Crippen LogP contribution in [0, 0.1) is 6.92 Å². The minimum atomic E-state index is -0.241. The average Bonchev–Trinajstić information content (AvgIpc) is 2.76. The first kappa shape index (κ1) is 13.0. The van der Waals surface area contributed by atoms with Gasteiger partial charge in [-0.3, -0.25) is 0 Å². The second kappa shape index (κ2) is 5.97. The number of nitrogens with zero attached hydrogens (tertiary/aromatic N) is 1. The average molecular weight is 326 g/mol. The van der Waals surface area contributed by atoms with Crippen LogP contribution in [0.25, 0.3) is 0 Å². The minimum Gasteiger partial charge on any atom is -0.331 e. The second-order valence-electron chi connectivity index (χ2n) is 3.67. The molecule has 1 aromatic heterocycles. The highest BCUT2D eigenvalue weighted by molar-refractivity contribution is 9.10. The van der Waals surface area contributed by atoms with E-state index in [0.717, 1.165) is 20.9 Å². The normalized spacial score (nSPS) is 10.1. The van der Waals surface area contributed by atoms with Crippen LogP contribution in [0.3, 0.4) is 0 Å². The molecule has 2 rings (SSSR count). The molecule has 18 heavy (non-hydrogen) atoms. The third-order valence-electron chi connectivity index (χ3n) is 2.19. The molecule has 0 aliphatic heterocycles. The molecule has 2 N–H and O–H groups in total. The van der Waals surface area contributed by atoms with E-state index in [-0.39, 0.29) is 6.03 Å². The first-order chi connectivity index (χ1) is 8.65. The lowest BCUT2D eigenvalue weighted by Gasteiger charge is -2.07. The Labute approximate surface area is 118 Å². The van der Waals surface area contributed by atoms with E-state index in [4.69, 9.17) is 0 Å². The summed E-state index contributed by atoms with van der Waals surface area (Å²) in [6, 6.07) is 7.22. The summed E-state index contributed by atoms with van der Waals surface area (Å²) >= 11 is 4.91. The van der Waals surface area contributed by atoms with Crippen LogP contribution in [0.15, 0.2) is 34.1 Å². The number of amides is 2. The summed E-state index contributed by atoms with van der Waals surface area (Å²) in [5.41, 5.74) is 1.72. The quantitative estimate of drug-likeness (QED) is 0.906. The topological polar surface area (TPSA) is 54.0 Å². The first-order valence-electron chi connectivity index (χ1n) is 5.35. The lowest BCUT2D eigenvalue weighted by atomic mass is 10.3. The fraction of sp³-hybridized carbons (Fsp3) is 0.167. The number of aryl methyl sites for hydroxylation is 1. The number of benzene rings is 1. The second-order valence-corrected chi connectivity index (χ2v) is 5.47. The molecule has 0 radical (unpaired) electrons. The molecule has 0 saturated carbocycles. The zero-order valence-corrected chi connectivity index (χ0v) is 12.1. The molecule has 0 atom stereocenters. The smallest absolute Gasteiger partial charge is 0.319 e. The van der Waals surface area contributed by atoms with E-state index in [1.165, 1.54) is 11.3 Å². The molecule has 4 nitrogen and oxygen atoms in total. The molecule has 0 bridgehead atoms. The van der Waals surface area contributed by atoms with Gasteiger partial charge in [-0.1, -0.05) is 12.1 Å². The molecule has 0 saturated heterocycles. The lowest BCUT2D eigenvalue weighted by Crippen LogP contribution is -2.28. The fourth-order valence-electron chi connectivity index (χ4n) is 1.37. The van der Waals surface area contributed by atoms with E-state index in [9.17, 15) is 4.79 Å². The number of anilines is 1. The van der Waals surface area contributed by atoms with Crippen LogP contribution in [0.1, 0.15) is 10.7 Å². The fourth-order valence-corrected chi connectivity index (χ4v) is 2.46. The Morgan fingerprint density at radius 1 is 1.44 bits per heavy atom. The molecule has 0 spiro atoms. The standard InChI is InChI=1S/C12H12BrN3OS/c1-8-7-18-11(15-8)6-14-12(17)16-10-5-3-2-4-9(10)13/h2-5,7H,6H2,1H3,(H2,14,16,17). The zero-order valence-electron chi connectivity index (χ0n) is 9.74. The minimum absolute atomic E-state index is 0.241. The highest BCUT2D eigenvalue weighted by atomic mass is 79.9. The van der Waals surface area contributed by atoms with Crippen molar-refractivity contribution in [3.05, 3.63) is 44.8 Å². The Kier molecular flexibility index (Phi) is 4.33. The number of hydrogen-bond donors (Lipinski definition) is 2. The summed E-state index contributed by atoms with van der Waals surface area (Å²) in [6.45, 7) is 2.37. The number of carbonyl (C=O) groups excluding carboxylic acids is 1. The Morgan fingerprint density at radius 2 is 2.22 bits per heavy atom. The van der Waals surface area contributed by atoms with Crippen molar-refractivity contribution in [1.82, 2.24) is 10.3 Å². The van der Waals surface area contributed by atoms with Gasteiger partial charge < -0.3 is 10.6 Å². The SMILES string of the molecule is Cc1csc(CNC(=O)Nc2ccccc2Br)n1. The van der Waals surface area contributed by atoms with Crippen LogP contribution >= 0.6 is 27.3 Å². The Bertz CT molecular complexity index is 556. The van der Waals surface area contributed by atoms with Crippen LogP contribution < -0.4 is 10.6 Å². The summed E-state index contributed by atoms with van der Waals surface area (Å²) in [7, 11) is 0. The number of carbonyl (C=O) groups is 1. The highest BCUT2D eigenvalue weighted by Gasteiger charge is 2.05. The number of thiazole rings is 1. The van der Waals surface area contributed by atoms with E-state index in [1.807, 2.05) is 36.6 Å². The molecule has 2 aromatic rings. The van der Waals surface area contributed by atoms with Crippen molar-refractivity contribution < 1.29 is 4.79 Å². The van der Waals surface area contributed by atoms with Crippen molar-refractivity contribution >= 4 is 39.0 Å². The number of para-hydroxylation sites is 1. The molecule has 0 fully saturated rings. The summed E-state index contributed by atoms with van der Waals surface area (Å²) < 4.78 is 0.852. The molecule has 6 heteroatoms. The number of urea groups is 1. The van der Waals surface area contributed by atoms with E-state index in [0.29, 0.717) is 6.54 Å². The van der Waals surface area contributed by atoms with Crippen LogP contribution in [-0.2, 0) is 6.54 Å². The zero-order chi connectivity index (χ0) is 13.0. The van der Waals surface area contributed by atoms with E-state index >= 15 is 0 Å². The first-order valence-corrected chi connectivity index (χ1v) is 7.03. The van der Waals surface area contributed by atoms with Crippen molar-refractivity contribution in [3.63, 3.8) is 0 Å². The number of halogens is 1. The molecular formula is C12H12BrN3OS. The van der Waals surface area contributed by atoms with Crippen molar-refractivity contribution in [1.29, 1.82) is 0 Å². The number of aromatic nitrogens is 1. The molecule has 0 aliphatic rings. The van der Waals surface area contributed by atoms with Crippen molar-refractivity contribution in [3.8, 4) is 0 Å². The van der Waals surface area contributed by atoms with Gasteiger partial charge in [0.1, 0.15) is 5.01 Å². The summed E-state index contributed by atoms with van der Waals surface area (Å²) in [5.74, 6) is 0. The van der Waals surface area contributed by atoms with Gasteiger partial charge in [0.15, 0.2) is 0 Å². The van der Waals surface area contributed by atoms with Crippen LogP contribution in [-0.4, -0.2) is 11.0 Å².